The Hall–Kier alpha value is -1.76. The molecule has 2 heterocycles. The van der Waals surface area contributed by atoms with Crippen LogP contribution in [0.25, 0.3) is 0 Å². The summed E-state index contributed by atoms with van der Waals surface area (Å²) in [5, 5.41) is 19.9. The number of nitrogens with one attached hydrogen (secondary N) is 1. The lowest BCUT2D eigenvalue weighted by Gasteiger charge is -2.14. The molecule has 0 spiro atoms. The van der Waals surface area contributed by atoms with Crippen molar-refractivity contribution in [2.24, 2.45) is 14.1 Å². The summed E-state index contributed by atoms with van der Waals surface area (Å²) in [6.07, 6.45) is 2.84. The highest BCUT2D eigenvalue weighted by Gasteiger charge is 2.14. The van der Waals surface area contributed by atoms with Crippen molar-refractivity contribution in [3.05, 3.63) is 22.8 Å². The summed E-state index contributed by atoms with van der Waals surface area (Å²) >= 11 is 0. The number of tetrazole rings is 1. The second kappa shape index (κ2) is 6.13. The molecular weight excluding hydrogens is 254 g/mol. The first-order valence-corrected chi connectivity index (χ1v) is 6.90. The predicted octanol–water partition coefficient (Wildman–Crippen LogP) is 0.324. The minimum absolute atomic E-state index is 0.346. The van der Waals surface area contributed by atoms with Gasteiger partial charge in [0.1, 0.15) is 0 Å². The maximum atomic E-state index is 4.46. The molecule has 7 nitrogen and oxygen atoms in total. The van der Waals surface area contributed by atoms with E-state index in [-0.39, 0.29) is 0 Å². The van der Waals surface area contributed by atoms with E-state index >= 15 is 0 Å². The van der Waals surface area contributed by atoms with E-state index in [0.717, 1.165) is 30.8 Å². The molecular formula is C13H23N7. The second-order valence-electron chi connectivity index (χ2n) is 5.20. The number of likely N-dealkylation sites (N-methyl/N-ethyl adjacent to an activating group) is 1. The van der Waals surface area contributed by atoms with Crippen LogP contribution in [0.4, 0.5) is 0 Å². The molecule has 0 aliphatic rings. The summed E-state index contributed by atoms with van der Waals surface area (Å²) in [5.74, 6) is 0.784. The van der Waals surface area contributed by atoms with Crippen LogP contribution in [0.3, 0.4) is 0 Å². The Kier molecular flexibility index (Phi) is 4.49. The van der Waals surface area contributed by atoms with Crippen molar-refractivity contribution < 1.29 is 0 Å². The molecule has 0 fully saturated rings. The normalized spacial score (nSPS) is 12.8. The first-order chi connectivity index (χ1) is 9.51. The van der Waals surface area contributed by atoms with Crippen molar-refractivity contribution in [2.45, 2.75) is 39.2 Å². The van der Waals surface area contributed by atoms with E-state index in [2.05, 4.69) is 39.7 Å². The summed E-state index contributed by atoms with van der Waals surface area (Å²) in [5.41, 5.74) is 3.72. The number of aryl methyl sites for hydroxylation is 3. The molecule has 7 heteroatoms. The first kappa shape index (κ1) is 14.6. The minimum atomic E-state index is 0.346. The zero-order valence-electron chi connectivity index (χ0n) is 12.9. The zero-order valence-corrected chi connectivity index (χ0v) is 12.9. The molecule has 2 aromatic heterocycles. The average Bonchev–Trinajstić information content (AvgIpc) is 2.91. The number of nitrogens with zero attached hydrogens (tertiary/aromatic N) is 6. The zero-order chi connectivity index (χ0) is 14.7. The third-order valence-electron chi connectivity index (χ3n) is 3.79. The molecule has 110 valence electrons. The topological polar surface area (TPSA) is 73.5 Å². The Morgan fingerprint density at radius 2 is 1.95 bits per heavy atom. The Balaban J connectivity index is 1.97. The standard InChI is InChI=1S/C13H23N7/c1-9-12(10(2)19(4)16-9)7-6-11(14-3)8-13-15-18-20(5)17-13/h11,14H,6-8H2,1-5H3. The van der Waals surface area contributed by atoms with Crippen molar-refractivity contribution in [1.29, 1.82) is 0 Å². The number of rotatable bonds is 6. The summed E-state index contributed by atoms with van der Waals surface area (Å²) in [6, 6.07) is 0.346. The van der Waals surface area contributed by atoms with Gasteiger partial charge in [0.25, 0.3) is 0 Å². The maximum absolute atomic E-state index is 4.46. The van der Waals surface area contributed by atoms with Crippen molar-refractivity contribution >= 4 is 0 Å². The van der Waals surface area contributed by atoms with Crippen molar-refractivity contribution in [2.75, 3.05) is 7.05 Å². The van der Waals surface area contributed by atoms with Gasteiger partial charge in [-0.2, -0.15) is 9.90 Å². The maximum Gasteiger partial charge on any atom is 0.176 e. The van der Waals surface area contributed by atoms with E-state index in [1.165, 1.54) is 16.1 Å². The van der Waals surface area contributed by atoms with Crippen LogP contribution in [0, 0.1) is 13.8 Å². The number of hydrogen-bond donors (Lipinski definition) is 1. The van der Waals surface area contributed by atoms with Gasteiger partial charge in [0.2, 0.25) is 0 Å². The lowest BCUT2D eigenvalue weighted by molar-refractivity contribution is 0.506. The van der Waals surface area contributed by atoms with Crippen LogP contribution in [0.15, 0.2) is 0 Å². The SMILES string of the molecule is CNC(CCc1c(C)nn(C)c1C)Cc1nnn(C)n1. The highest BCUT2D eigenvalue weighted by molar-refractivity contribution is 5.24. The highest BCUT2D eigenvalue weighted by Crippen LogP contribution is 2.15. The van der Waals surface area contributed by atoms with E-state index in [9.17, 15) is 0 Å². The summed E-state index contributed by atoms with van der Waals surface area (Å²) in [7, 11) is 5.75. The molecule has 0 amide bonds. The Labute approximate surface area is 119 Å². The second-order valence-corrected chi connectivity index (χ2v) is 5.20. The van der Waals surface area contributed by atoms with Crippen LogP contribution >= 0.6 is 0 Å². The number of hydrogen-bond acceptors (Lipinski definition) is 5. The smallest absolute Gasteiger partial charge is 0.176 e. The lowest BCUT2D eigenvalue weighted by Crippen LogP contribution is -2.28. The average molecular weight is 277 g/mol. The van der Waals surface area contributed by atoms with E-state index < -0.39 is 0 Å². The fourth-order valence-electron chi connectivity index (χ4n) is 2.47. The van der Waals surface area contributed by atoms with Crippen molar-refractivity contribution in [1.82, 2.24) is 35.3 Å². The molecule has 0 radical (unpaired) electrons. The lowest BCUT2D eigenvalue weighted by atomic mass is 10.0. The quantitative estimate of drug-likeness (QED) is 0.823. The molecule has 0 bridgehead atoms. The molecule has 0 aromatic carbocycles. The van der Waals surface area contributed by atoms with Crippen molar-refractivity contribution in [3.63, 3.8) is 0 Å². The minimum Gasteiger partial charge on any atom is -0.317 e. The fraction of sp³-hybridized carbons (Fsp3) is 0.692. The summed E-state index contributed by atoms with van der Waals surface area (Å²) in [4.78, 5) is 1.50. The molecule has 2 rings (SSSR count). The third-order valence-corrected chi connectivity index (χ3v) is 3.79. The van der Waals surface area contributed by atoms with Gasteiger partial charge in [-0.15, -0.1) is 10.2 Å². The first-order valence-electron chi connectivity index (χ1n) is 6.90. The van der Waals surface area contributed by atoms with Gasteiger partial charge in [0, 0.05) is 25.2 Å². The largest absolute Gasteiger partial charge is 0.317 e. The van der Waals surface area contributed by atoms with Crippen LogP contribution < -0.4 is 5.32 Å². The monoisotopic (exact) mass is 277 g/mol. The molecule has 0 saturated carbocycles. The van der Waals surface area contributed by atoms with Crippen LogP contribution in [0.5, 0.6) is 0 Å². The molecule has 1 atom stereocenters. The van der Waals surface area contributed by atoms with Crippen LogP contribution in [0.2, 0.25) is 0 Å². The van der Waals surface area contributed by atoms with Gasteiger partial charge >= 0.3 is 0 Å². The van der Waals surface area contributed by atoms with Gasteiger partial charge in [0.05, 0.1) is 12.7 Å². The fourth-order valence-corrected chi connectivity index (χ4v) is 2.47. The molecule has 2 aromatic rings. The van der Waals surface area contributed by atoms with Crippen molar-refractivity contribution in [3.8, 4) is 0 Å². The summed E-state index contributed by atoms with van der Waals surface area (Å²) in [6.45, 7) is 4.19. The van der Waals surface area contributed by atoms with Gasteiger partial charge in [-0.1, -0.05) is 0 Å². The Morgan fingerprint density at radius 1 is 1.20 bits per heavy atom. The Morgan fingerprint density at radius 3 is 2.45 bits per heavy atom. The van der Waals surface area contributed by atoms with Gasteiger partial charge in [-0.3, -0.25) is 4.68 Å². The molecule has 1 unspecified atom stereocenters. The predicted molar refractivity (Wildman–Crippen MR) is 76.4 cm³/mol. The third kappa shape index (κ3) is 3.22. The van der Waals surface area contributed by atoms with Crippen LogP contribution in [-0.2, 0) is 26.9 Å². The van der Waals surface area contributed by atoms with E-state index in [0.29, 0.717) is 6.04 Å². The Bertz CT molecular complexity index is 569. The molecule has 0 aliphatic carbocycles. The van der Waals surface area contributed by atoms with E-state index in [1.54, 1.807) is 7.05 Å². The summed E-state index contributed by atoms with van der Waals surface area (Å²) < 4.78 is 1.95. The molecule has 20 heavy (non-hydrogen) atoms. The van der Waals surface area contributed by atoms with Gasteiger partial charge in [0.15, 0.2) is 5.82 Å². The van der Waals surface area contributed by atoms with Gasteiger partial charge in [-0.05, 0) is 44.5 Å². The number of aromatic nitrogens is 6. The molecule has 0 aliphatic heterocycles. The van der Waals surface area contributed by atoms with E-state index in [1.807, 2.05) is 18.8 Å². The van der Waals surface area contributed by atoms with Crippen LogP contribution in [-0.4, -0.2) is 43.1 Å². The van der Waals surface area contributed by atoms with Gasteiger partial charge < -0.3 is 5.32 Å². The molecule has 0 saturated heterocycles. The highest BCUT2D eigenvalue weighted by atomic mass is 15.6. The van der Waals surface area contributed by atoms with Gasteiger partial charge in [-0.25, -0.2) is 0 Å². The van der Waals surface area contributed by atoms with E-state index in [4.69, 9.17) is 0 Å². The molecule has 1 N–H and O–H groups in total. The van der Waals surface area contributed by atoms with Crippen LogP contribution in [0.1, 0.15) is 29.2 Å².